The molecule has 1 unspecified atom stereocenters. The van der Waals surface area contributed by atoms with Crippen LogP contribution in [0.15, 0.2) is 11.6 Å². The van der Waals surface area contributed by atoms with Gasteiger partial charge in [-0.3, -0.25) is 0 Å². The Hall–Kier alpha value is -1.12. The first kappa shape index (κ1) is 11.0. The molecule has 0 aliphatic carbocycles. The molecule has 0 saturated carbocycles. The molecule has 0 fully saturated rings. The molecule has 3 heteroatoms. The molecule has 0 amide bonds. The van der Waals surface area contributed by atoms with Gasteiger partial charge in [-0.2, -0.15) is 0 Å². The fraction of sp³-hybridized carbons (Fsp3) is 0.636. The van der Waals surface area contributed by atoms with Crippen LogP contribution in [-0.4, -0.2) is 18.4 Å². The molecule has 1 aliphatic heterocycles. The lowest BCUT2D eigenvalue weighted by Gasteiger charge is -2.19. The van der Waals surface area contributed by atoms with Crippen molar-refractivity contribution < 1.29 is 14.3 Å². The molecular formula is C11H16O3. The predicted octanol–water partition coefficient (Wildman–Crippen LogP) is 1.86. The highest BCUT2D eigenvalue weighted by Crippen LogP contribution is 2.26. The van der Waals surface area contributed by atoms with Crippen molar-refractivity contribution >= 4 is 12.3 Å². The van der Waals surface area contributed by atoms with E-state index in [-0.39, 0.29) is 17.5 Å². The van der Waals surface area contributed by atoms with Crippen LogP contribution in [0.5, 0.6) is 0 Å². The van der Waals surface area contributed by atoms with Crippen molar-refractivity contribution in [2.45, 2.75) is 39.7 Å². The third-order valence-electron chi connectivity index (χ3n) is 2.48. The molecule has 3 nitrogen and oxygen atoms in total. The lowest BCUT2D eigenvalue weighted by Crippen LogP contribution is -2.18. The molecule has 0 spiro atoms. The fourth-order valence-corrected chi connectivity index (χ4v) is 1.39. The first-order valence-electron chi connectivity index (χ1n) is 4.80. The third-order valence-corrected chi connectivity index (χ3v) is 2.48. The maximum absolute atomic E-state index is 10.9. The van der Waals surface area contributed by atoms with Crippen LogP contribution in [0.2, 0.25) is 0 Å². The Bertz CT molecular complexity index is 276. The zero-order valence-corrected chi connectivity index (χ0v) is 8.87. The second-order valence-corrected chi connectivity index (χ2v) is 4.46. The summed E-state index contributed by atoms with van der Waals surface area (Å²) in [4.78, 5) is 21.5. The van der Waals surface area contributed by atoms with Crippen LogP contribution in [0.3, 0.4) is 0 Å². The quantitative estimate of drug-likeness (QED) is 0.509. The Labute approximate surface area is 84.1 Å². The van der Waals surface area contributed by atoms with Crippen LogP contribution in [0, 0.1) is 5.41 Å². The van der Waals surface area contributed by atoms with E-state index in [9.17, 15) is 9.59 Å². The minimum atomic E-state index is -0.324. The van der Waals surface area contributed by atoms with Crippen molar-refractivity contribution in [1.29, 1.82) is 0 Å². The number of rotatable bonds is 4. The summed E-state index contributed by atoms with van der Waals surface area (Å²) in [5.41, 5.74) is 0.631. The fourth-order valence-electron chi connectivity index (χ4n) is 1.39. The third kappa shape index (κ3) is 2.69. The van der Waals surface area contributed by atoms with Crippen LogP contribution >= 0.6 is 0 Å². The van der Waals surface area contributed by atoms with Gasteiger partial charge in [-0.15, -0.1) is 0 Å². The summed E-state index contributed by atoms with van der Waals surface area (Å²) in [6.07, 6.45) is 3.79. The first-order valence-corrected chi connectivity index (χ1v) is 4.80. The topological polar surface area (TPSA) is 43.4 Å². The highest BCUT2D eigenvalue weighted by Gasteiger charge is 2.26. The van der Waals surface area contributed by atoms with Crippen molar-refractivity contribution in [2.75, 3.05) is 0 Å². The van der Waals surface area contributed by atoms with Gasteiger partial charge in [0.15, 0.2) is 0 Å². The van der Waals surface area contributed by atoms with Gasteiger partial charge in [0.1, 0.15) is 12.4 Å². The summed E-state index contributed by atoms with van der Waals surface area (Å²) >= 11 is 0. The summed E-state index contributed by atoms with van der Waals surface area (Å²) in [6.45, 7) is 5.65. The number of carbonyl (C=O) groups excluding carboxylic acids is 2. The van der Waals surface area contributed by atoms with Crippen molar-refractivity contribution in [3.8, 4) is 0 Å². The molecule has 1 atom stereocenters. The minimum Gasteiger partial charge on any atom is -0.455 e. The average molecular weight is 196 g/mol. The maximum Gasteiger partial charge on any atom is 0.331 e. The lowest BCUT2D eigenvalue weighted by molar-refractivity contribution is -0.139. The van der Waals surface area contributed by atoms with Gasteiger partial charge in [0.25, 0.3) is 0 Å². The zero-order chi connectivity index (χ0) is 10.8. The molecule has 0 saturated heterocycles. The number of esters is 1. The molecule has 0 aromatic rings. The van der Waals surface area contributed by atoms with Crippen LogP contribution < -0.4 is 0 Å². The number of carbonyl (C=O) groups is 2. The smallest absolute Gasteiger partial charge is 0.331 e. The maximum atomic E-state index is 10.9. The lowest BCUT2D eigenvalue weighted by atomic mass is 9.88. The van der Waals surface area contributed by atoms with E-state index in [1.165, 1.54) is 6.08 Å². The highest BCUT2D eigenvalue weighted by atomic mass is 16.5. The van der Waals surface area contributed by atoms with Gasteiger partial charge < -0.3 is 9.53 Å². The number of aldehydes is 1. The molecule has 1 aliphatic rings. The van der Waals surface area contributed by atoms with E-state index < -0.39 is 0 Å². The van der Waals surface area contributed by atoms with Gasteiger partial charge >= 0.3 is 5.97 Å². The Morgan fingerprint density at radius 1 is 1.57 bits per heavy atom. The second-order valence-electron chi connectivity index (χ2n) is 4.46. The van der Waals surface area contributed by atoms with E-state index in [0.29, 0.717) is 0 Å². The van der Waals surface area contributed by atoms with Crippen molar-refractivity contribution in [2.24, 2.45) is 5.41 Å². The Morgan fingerprint density at radius 2 is 2.21 bits per heavy atom. The zero-order valence-electron chi connectivity index (χ0n) is 8.87. The van der Waals surface area contributed by atoms with Gasteiger partial charge in [-0.1, -0.05) is 13.8 Å². The summed E-state index contributed by atoms with van der Waals surface area (Å²) in [7, 11) is 0. The second kappa shape index (κ2) is 3.95. The molecule has 14 heavy (non-hydrogen) atoms. The van der Waals surface area contributed by atoms with Gasteiger partial charge in [-0.05, 0) is 25.3 Å². The first-order chi connectivity index (χ1) is 6.44. The average Bonchev–Trinajstić information content (AvgIpc) is 2.42. The summed E-state index contributed by atoms with van der Waals surface area (Å²) in [5, 5.41) is 0. The van der Waals surface area contributed by atoms with Crippen LogP contribution in [-0.2, 0) is 14.3 Å². The van der Waals surface area contributed by atoms with Gasteiger partial charge in [0.05, 0.1) is 0 Å². The summed E-state index contributed by atoms with van der Waals surface area (Å²) < 4.78 is 5.07. The molecule has 0 radical (unpaired) electrons. The summed E-state index contributed by atoms with van der Waals surface area (Å²) in [5.74, 6) is -0.267. The SMILES string of the molecule is CC1=CC(=O)OC1CCC(C)(C)C=O. The Balaban J connectivity index is 2.44. The normalized spacial score (nSPS) is 21.8. The number of hydrogen-bond donors (Lipinski definition) is 0. The molecule has 0 bridgehead atoms. The molecule has 78 valence electrons. The highest BCUT2D eigenvalue weighted by molar-refractivity contribution is 5.85. The summed E-state index contributed by atoms with van der Waals surface area (Å²) in [6, 6.07) is 0. The number of hydrogen-bond acceptors (Lipinski definition) is 3. The van der Waals surface area contributed by atoms with Gasteiger partial charge in [0, 0.05) is 11.5 Å². The Kier molecular flexibility index (Phi) is 3.09. The van der Waals surface area contributed by atoms with E-state index in [1.807, 2.05) is 20.8 Å². The van der Waals surface area contributed by atoms with Crippen LogP contribution in [0.1, 0.15) is 33.6 Å². The molecule has 0 aromatic carbocycles. The molecule has 1 heterocycles. The number of cyclic esters (lactones) is 1. The van der Waals surface area contributed by atoms with Crippen molar-refractivity contribution in [1.82, 2.24) is 0 Å². The van der Waals surface area contributed by atoms with E-state index in [4.69, 9.17) is 4.74 Å². The van der Waals surface area contributed by atoms with Crippen molar-refractivity contribution in [3.63, 3.8) is 0 Å². The number of ether oxygens (including phenoxy) is 1. The van der Waals surface area contributed by atoms with Crippen LogP contribution in [0.25, 0.3) is 0 Å². The van der Waals surface area contributed by atoms with Gasteiger partial charge in [0.2, 0.25) is 0 Å². The minimum absolute atomic E-state index is 0.123. The molecular weight excluding hydrogens is 180 g/mol. The predicted molar refractivity (Wildman–Crippen MR) is 52.7 cm³/mol. The van der Waals surface area contributed by atoms with E-state index in [2.05, 4.69) is 0 Å². The molecule has 0 N–H and O–H groups in total. The molecule has 1 rings (SSSR count). The largest absolute Gasteiger partial charge is 0.455 e. The standard InChI is InChI=1S/C11H16O3/c1-8-6-10(13)14-9(8)4-5-11(2,3)7-12/h6-7,9H,4-5H2,1-3H3. The van der Waals surface area contributed by atoms with E-state index in [0.717, 1.165) is 24.7 Å². The van der Waals surface area contributed by atoms with E-state index >= 15 is 0 Å². The van der Waals surface area contributed by atoms with Crippen molar-refractivity contribution in [3.05, 3.63) is 11.6 Å². The Morgan fingerprint density at radius 3 is 2.64 bits per heavy atom. The monoisotopic (exact) mass is 196 g/mol. The van der Waals surface area contributed by atoms with E-state index in [1.54, 1.807) is 0 Å². The van der Waals surface area contributed by atoms with Gasteiger partial charge in [-0.25, -0.2) is 4.79 Å². The molecule has 0 aromatic heterocycles. The van der Waals surface area contributed by atoms with Crippen LogP contribution in [0.4, 0.5) is 0 Å².